The highest BCUT2D eigenvalue weighted by molar-refractivity contribution is 5.95. The monoisotopic (exact) mass is 446 g/mol. The summed E-state index contributed by atoms with van der Waals surface area (Å²) < 4.78 is 5.63. The Hall–Kier alpha value is -2.92. The van der Waals surface area contributed by atoms with Gasteiger partial charge in [-0.05, 0) is 62.4 Å². The fourth-order valence-electron chi connectivity index (χ4n) is 4.69. The minimum absolute atomic E-state index is 0.0526. The van der Waals surface area contributed by atoms with Gasteiger partial charge >= 0.3 is 6.09 Å². The van der Waals surface area contributed by atoms with Crippen LogP contribution in [0.4, 0.5) is 4.79 Å². The van der Waals surface area contributed by atoms with Gasteiger partial charge in [0.1, 0.15) is 5.60 Å². The number of amides is 1. The maximum Gasteiger partial charge on any atom is 0.410 e. The van der Waals surface area contributed by atoms with Crippen LogP contribution in [0.1, 0.15) is 39.2 Å². The molecule has 2 aromatic carbocycles. The number of fused-ring (bicyclic) bond motifs is 1. The molecule has 5 nitrogen and oxygen atoms in total. The number of nitrogens with one attached hydrogen (secondary N) is 1. The molecule has 2 aliphatic rings. The van der Waals surface area contributed by atoms with Crippen molar-refractivity contribution in [3.05, 3.63) is 71.8 Å². The van der Waals surface area contributed by atoms with Gasteiger partial charge in [0.05, 0.1) is 0 Å². The number of rotatable bonds is 5. The molecule has 1 aliphatic heterocycles. The molecule has 0 saturated carbocycles. The van der Waals surface area contributed by atoms with Crippen molar-refractivity contribution in [1.82, 2.24) is 10.2 Å². The van der Waals surface area contributed by atoms with E-state index in [0.717, 1.165) is 31.5 Å². The molecule has 0 bridgehead atoms. The van der Waals surface area contributed by atoms with Gasteiger partial charge in [0, 0.05) is 31.6 Å². The molecule has 1 heterocycles. The number of piperazine rings is 1. The van der Waals surface area contributed by atoms with Gasteiger partial charge in [-0.25, -0.2) is 4.79 Å². The highest BCUT2D eigenvalue weighted by Crippen LogP contribution is 2.29. The summed E-state index contributed by atoms with van der Waals surface area (Å²) in [5.74, 6) is 0.00844. The maximum absolute atomic E-state index is 12.8. The molecule has 1 amide bonds. The number of carbonyl (C=O) groups is 2. The standard InChI is InChI=1S/C28H34N2O3/c1-28(2,3)33-27(32)30-16-15-29-19-24(30)14-13-22-9-6-10-26(31)25(22)18-20-11-12-21-7-4-5-8-23(21)17-20/h4-12,17,24-25,29H,13-16,18-19H2,1-3H3/t24-,25?/m1/s1. The summed E-state index contributed by atoms with van der Waals surface area (Å²) in [5, 5.41) is 5.80. The van der Waals surface area contributed by atoms with Crippen LogP contribution in [0.15, 0.2) is 66.3 Å². The summed E-state index contributed by atoms with van der Waals surface area (Å²) in [4.78, 5) is 27.4. The van der Waals surface area contributed by atoms with Crippen LogP contribution < -0.4 is 5.32 Å². The summed E-state index contributed by atoms with van der Waals surface area (Å²) in [6.45, 7) is 7.83. The van der Waals surface area contributed by atoms with Crippen molar-refractivity contribution in [2.24, 2.45) is 5.92 Å². The first-order chi connectivity index (χ1) is 15.8. The van der Waals surface area contributed by atoms with Gasteiger partial charge in [-0.1, -0.05) is 60.2 Å². The fourth-order valence-corrected chi connectivity index (χ4v) is 4.69. The van der Waals surface area contributed by atoms with Gasteiger partial charge in [0.25, 0.3) is 0 Å². The van der Waals surface area contributed by atoms with E-state index in [-0.39, 0.29) is 23.8 Å². The van der Waals surface area contributed by atoms with E-state index in [1.54, 1.807) is 6.08 Å². The lowest BCUT2D eigenvalue weighted by Crippen LogP contribution is -2.54. The largest absolute Gasteiger partial charge is 0.444 e. The molecule has 0 radical (unpaired) electrons. The molecule has 1 N–H and O–H groups in total. The molecule has 33 heavy (non-hydrogen) atoms. The van der Waals surface area contributed by atoms with Crippen LogP contribution in [0.3, 0.4) is 0 Å². The van der Waals surface area contributed by atoms with Crippen LogP contribution in [-0.4, -0.2) is 48.1 Å². The highest BCUT2D eigenvalue weighted by atomic mass is 16.6. The number of nitrogens with zero attached hydrogens (tertiary/aromatic N) is 1. The zero-order valence-electron chi connectivity index (χ0n) is 19.8. The van der Waals surface area contributed by atoms with E-state index in [1.807, 2.05) is 43.9 Å². The van der Waals surface area contributed by atoms with Gasteiger partial charge in [0.15, 0.2) is 5.78 Å². The fraction of sp³-hybridized carbons (Fsp3) is 0.429. The third kappa shape index (κ3) is 5.91. The number of ether oxygens (including phenoxy) is 1. The average Bonchev–Trinajstić information content (AvgIpc) is 2.78. The van der Waals surface area contributed by atoms with Crippen molar-refractivity contribution < 1.29 is 14.3 Å². The van der Waals surface area contributed by atoms with Crippen molar-refractivity contribution in [2.45, 2.75) is 51.7 Å². The van der Waals surface area contributed by atoms with Crippen molar-refractivity contribution in [2.75, 3.05) is 19.6 Å². The van der Waals surface area contributed by atoms with E-state index >= 15 is 0 Å². The van der Waals surface area contributed by atoms with E-state index < -0.39 is 5.60 Å². The normalized spacial score (nSPS) is 21.2. The van der Waals surface area contributed by atoms with Crippen molar-refractivity contribution in [1.29, 1.82) is 0 Å². The van der Waals surface area contributed by atoms with E-state index in [2.05, 4.69) is 41.7 Å². The number of hydrogen-bond acceptors (Lipinski definition) is 4. The first-order valence-electron chi connectivity index (χ1n) is 11.9. The van der Waals surface area contributed by atoms with Crippen LogP contribution in [0.5, 0.6) is 0 Å². The second kappa shape index (κ2) is 9.92. The lowest BCUT2D eigenvalue weighted by atomic mass is 9.82. The molecule has 4 rings (SSSR count). The molecule has 1 aliphatic carbocycles. The molecular formula is C28H34N2O3. The lowest BCUT2D eigenvalue weighted by molar-refractivity contribution is -0.117. The predicted octanol–water partition coefficient (Wildman–Crippen LogP) is 5.05. The van der Waals surface area contributed by atoms with Crippen LogP contribution in [-0.2, 0) is 16.0 Å². The zero-order valence-corrected chi connectivity index (χ0v) is 19.8. The third-order valence-electron chi connectivity index (χ3n) is 6.36. The minimum Gasteiger partial charge on any atom is -0.444 e. The van der Waals surface area contributed by atoms with Crippen LogP contribution in [0.2, 0.25) is 0 Å². The summed E-state index contributed by atoms with van der Waals surface area (Å²) >= 11 is 0. The molecular weight excluding hydrogens is 412 g/mol. The Morgan fingerprint density at radius 3 is 2.73 bits per heavy atom. The van der Waals surface area contributed by atoms with Gasteiger partial charge in [-0.2, -0.15) is 0 Å². The number of hydrogen-bond donors (Lipinski definition) is 1. The molecule has 0 spiro atoms. The molecule has 5 heteroatoms. The SMILES string of the molecule is CC(C)(C)OC(=O)N1CCNC[C@H]1CCC1=CC=CC(=O)C1Cc1ccc2ccccc2c1. The highest BCUT2D eigenvalue weighted by Gasteiger charge is 2.31. The van der Waals surface area contributed by atoms with Gasteiger partial charge in [-0.15, -0.1) is 0 Å². The Kier molecular flexibility index (Phi) is 6.99. The Morgan fingerprint density at radius 2 is 1.94 bits per heavy atom. The van der Waals surface area contributed by atoms with E-state index in [0.29, 0.717) is 13.0 Å². The maximum atomic E-state index is 12.8. The number of carbonyl (C=O) groups excluding carboxylic acids is 2. The quantitative estimate of drug-likeness (QED) is 0.698. The number of ketones is 1. The first kappa shape index (κ1) is 23.2. The molecule has 2 aromatic rings. The summed E-state index contributed by atoms with van der Waals surface area (Å²) in [5.41, 5.74) is 1.80. The third-order valence-corrected chi connectivity index (χ3v) is 6.36. The molecule has 1 fully saturated rings. The molecule has 1 saturated heterocycles. The van der Waals surface area contributed by atoms with E-state index in [9.17, 15) is 9.59 Å². The van der Waals surface area contributed by atoms with Crippen LogP contribution in [0.25, 0.3) is 10.8 Å². The summed E-state index contributed by atoms with van der Waals surface area (Å²) in [6, 6.07) is 14.8. The Labute approximate surface area is 196 Å². The predicted molar refractivity (Wildman–Crippen MR) is 132 cm³/mol. The van der Waals surface area contributed by atoms with Crippen LogP contribution >= 0.6 is 0 Å². The Morgan fingerprint density at radius 1 is 1.15 bits per heavy atom. The lowest BCUT2D eigenvalue weighted by Gasteiger charge is -2.37. The number of allylic oxidation sites excluding steroid dienone is 4. The van der Waals surface area contributed by atoms with Gasteiger partial charge in [-0.3, -0.25) is 4.79 Å². The van der Waals surface area contributed by atoms with Crippen LogP contribution in [0, 0.1) is 5.92 Å². The van der Waals surface area contributed by atoms with Crippen molar-refractivity contribution >= 4 is 22.6 Å². The second-order valence-corrected chi connectivity index (χ2v) is 10.0. The average molecular weight is 447 g/mol. The topological polar surface area (TPSA) is 58.6 Å². The second-order valence-electron chi connectivity index (χ2n) is 10.0. The molecule has 174 valence electrons. The minimum atomic E-state index is -0.513. The van der Waals surface area contributed by atoms with Gasteiger partial charge in [0.2, 0.25) is 0 Å². The summed E-state index contributed by atoms with van der Waals surface area (Å²) in [7, 11) is 0. The zero-order chi connectivity index (χ0) is 23.4. The van der Waals surface area contributed by atoms with Crippen molar-refractivity contribution in [3.8, 4) is 0 Å². The molecule has 1 unspecified atom stereocenters. The number of benzene rings is 2. The molecule has 2 atom stereocenters. The molecule has 0 aromatic heterocycles. The van der Waals surface area contributed by atoms with Crippen molar-refractivity contribution in [3.63, 3.8) is 0 Å². The van der Waals surface area contributed by atoms with E-state index in [1.165, 1.54) is 16.3 Å². The Balaban J connectivity index is 1.45. The van der Waals surface area contributed by atoms with Gasteiger partial charge < -0.3 is 15.0 Å². The first-order valence-corrected chi connectivity index (χ1v) is 11.9. The Bertz CT molecular complexity index is 1080. The summed E-state index contributed by atoms with van der Waals surface area (Å²) in [6.07, 6.45) is 7.65. The smallest absolute Gasteiger partial charge is 0.410 e. The van der Waals surface area contributed by atoms with E-state index in [4.69, 9.17) is 4.74 Å².